The highest BCUT2D eigenvalue weighted by Crippen LogP contribution is 2.68. The maximum Gasteiger partial charge on any atom is 0.435 e. The molecule has 0 bridgehead atoms. The number of benzene rings is 3. The van der Waals surface area contributed by atoms with Crippen LogP contribution in [0.2, 0.25) is 0 Å². The van der Waals surface area contributed by atoms with Crippen LogP contribution in [0.1, 0.15) is 67.3 Å². The van der Waals surface area contributed by atoms with Gasteiger partial charge in [-0.05, 0) is 78.4 Å². The van der Waals surface area contributed by atoms with Gasteiger partial charge in [0.25, 0.3) is 17.7 Å². The van der Waals surface area contributed by atoms with Gasteiger partial charge in [0.1, 0.15) is 40.5 Å². The molecule has 5 N–H and O–H groups in total. The second-order valence-corrected chi connectivity index (χ2v) is 14.9. The van der Waals surface area contributed by atoms with Gasteiger partial charge in [-0.25, -0.2) is 27.5 Å². The molecule has 298 valence electrons. The Bertz CT molecular complexity index is 2710. The number of alkyl halides is 5. The number of hydrogen-bond donors (Lipinski definition) is 3. The van der Waals surface area contributed by atoms with Crippen LogP contribution in [-0.4, -0.2) is 37.5 Å². The molecule has 0 spiro atoms. The van der Waals surface area contributed by atoms with Crippen LogP contribution in [0, 0.1) is 29.2 Å². The molecule has 8 rings (SSSR count). The lowest BCUT2D eigenvalue weighted by molar-refractivity contribution is -0.142. The van der Waals surface area contributed by atoms with Crippen molar-refractivity contribution in [2.24, 2.45) is 17.4 Å². The molecule has 6 aromatic rings. The fourth-order valence-corrected chi connectivity index (χ4v) is 8.32. The Balaban J connectivity index is 1.27. The Morgan fingerprint density at radius 3 is 2.12 bits per heavy atom. The summed E-state index contributed by atoms with van der Waals surface area (Å²) in [5.74, 6) is -13.5. The largest absolute Gasteiger partial charge is 0.435 e. The normalized spacial score (nSPS) is 17.2. The molecule has 0 saturated heterocycles. The summed E-state index contributed by atoms with van der Waals surface area (Å²) in [4.78, 5) is 47.0. The third-order valence-electron chi connectivity index (χ3n) is 9.95. The molecule has 0 aliphatic heterocycles. The zero-order valence-corrected chi connectivity index (χ0v) is 29.9. The molecule has 3 heterocycles. The summed E-state index contributed by atoms with van der Waals surface area (Å²) < 4.78 is 131. The Morgan fingerprint density at radius 2 is 1.50 bits per heavy atom. The lowest BCUT2D eigenvalue weighted by Crippen LogP contribution is -2.35. The molecular weight excluding hydrogens is 806 g/mol. The van der Waals surface area contributed by atoms with E-state index < -0.39 is 112 Å². The first-order valence-corrected chi connectivity index (χ1v) is 17.9. The number of amides is 3. The van der Waals surface area contributed by atoms with Crippen LogP contribution in [0.4, 0.5) is 39.5 Å². The van der Waals surface area contributed by atoms with Crippen molar-refractivity contribution in [1.29, 1.82) is 0 Å². The second-order valence-electron chi connectivity index (χ2n) is 13.8. The first-order valence-electron chi connectivity index (χ1n) is 17.1. The van der Waals surface area contributed by atoms with E-state index >= 15 is 8.78 Å². The molecule has 3 aromatic carbocycles. The minimum atomic E-state index is -5.11. The monoisotopic (exact) mass is 829 g/mol. The molecule has 1 saturated carbocycles. The highest BCUT2D eigenvalue weighted by molar-refractivity contribution is 7.21. The van der Waals surface area contributed by atoms with Gasteiger partial charge in [-0.1, -0.05) is 6.07 Å². The van der Waals surface area contributed by atoms with Crippen LogP contribution in [0.3, 0.4) is 0 Å². The lowest BCUT2D eigenvalue weighted by atomic mass is 9.94. The SMILES string of the molecule is NC(=O)c1cc(-c2nc3nc(C(Cc4cc(F)cc(F)c4)NC(=O)Cn4nc(C(F)(F)F)c5c4C(F)(F)[C@@H]4CC54)c(-c4ccc(F)c(C(N)=O)c4)cc3s2)ccc1F. The van der Waals surface area contributed by atoms with Crippen LogP contribution < -0.4 is 16.8 Å². The van der Waals surface area contributed by atoms with E-state index in [0.717, 1.165) is 47.7 Å². The van der Waals surface area contributed by atoms with E-state index in [0.29, 0.717) is 15.4 Å². The van der Waals surface area contributed by atoms with Crippen LogP contribution in [0.25, 0.3) is 32.0 Å². The van der Waals surface area contributed by atoms with Gasteiger partial charge in [-0.2, -0.15) is 27.1 Å². The van der Waals surface area contributed by atoms with E-state index in [2.05, 4.69) is 20.4 Å². The first-order chi connectivity index (χ1) is 27.3. The number of hydrogen-bond acceptors (Lipinski definition) is 7. The van der Waals surface area contributed by atoms with E-state index in [-0.39, 0.29) is 45.0 Å². The number of nitrogens with one attached hydrogen (secondary N) is 1. The van der Waals surface area contributed by atoms with Gasteiger partial charge in [-0.3, -0.25) is 19.1 Å². The van der Waals surface area contributed by atoms with Crippen molar-refractivity contribution in [2.45, 2.75) is 43.4 Å². The van der Waals surface area contributed by atoms with Gasteiger partial charge < -0.3 is 16.8 Å². The van der Waals surface area contributed by atoms with Gasteiger partial charge in [0, 0.05) is 28.7 Å². The number of aromatic nitrogens is 4. The maximum absolute atomic E-state index is 15.3. The number of fused-ring (bicyclic) bond motifs is 4. The summed E-state index contributed by atoms with van der Waals surface area (Å²) in [6.07, 6.45) is -5.77. The zero-order chi connectivity index (χ0) is 41.6. The highest BCUT2D eigenvalue weighted by atomic mass is 32.1. The number of carbonyl (C=O) groups is 3. The Hall–Kier alpha value is -6.31. The van der Waals surface area contributed by atoms with Crippen molar-refractivity contribution >= 4 is 39.4 Å². The molecule has 2 aliphatic rings. The van der Waals surface area contributed by atoms with E-state index in [1.165, 1.54) is 18.2 Å². The highest BCUT2D eigenvalue weighted by Gasteiger charge is 2.68. The third kappa shape index (κ3) is 6.79. The number of rotatable bonds is 10. The summed E-state index contributed by atoms with van der Waals surface area (Å²) in [5, 5.41) is 6.11. The smallest absolute Gasteiger partial charge is 0.366 e. The maximum atomic E-state index is 15.3. The number of nitrogens with zero attached hydrogens (tertiary/aromatic N) is 4. The van der Waals surface area contributed by atoms with Gasteiger partial charge in [-0.15, -0.1) is 11.3 Å². The van der Waals surface area contributed by atoms with Gasteiger partial charge in [0.05, 0.1) is 27.6 Å². The van der Waals surface area contributed by atoms with Crippen molar-refractivity contribution in [2.75, 3.05) is 0 Å². The molecular formula is C38H24F9N7O3S. The van der Waals surface area contributed by atoms with Crippen molar-refractivity contribution < 1.29 is 53.9 Å². The average molecular weight is 830 g/mol. The number of primary amides is 2. The number of carbonyl (C=O) groups excluding carboxylic acids is 3. The lowest BCUT2D eigenvalue weighted by Gasteiger charge is -2.23. The number of nitrogens with two attached hydrogens (primary N) is 2. The third-order valence-corrected chi connectivity index (χ3v) is 11.0. The van der Waals surface area contributed by atoms with Gasteiger partial charge in [0.2, 0.25) is 5.91 Å². The summed E-state index contributed by atoms with van der Waals surface area (Å²) in [5.41, 5.74) is 6.60. The van der Waals surface area contributed by atoms with Gasteiger partial charge >= 0.3 is 6.18 Å². The Morgan fingerprint density at radius 1 is 0.879 bits per heavy atom. The summed E-state index contributed by atoms with van der Waals surface area (Å²) >= 11 is 0.987. The summed E-state index contributed by atoms with van der Waals surface area (Å²) in [6, 6.07) is 9.10. The minimum Gasteiger partial charge on any atom is -0.366 e. The van der Waals surface area contributed by atoms with Crippen LogP contribution in [0.5, 0.6) is 0 Å². The number of thiazole rings is 1. The molecule has 1 fully saturated rings. The standard InChI is InChI=1S/C38H24F9N7O3S/c39-17-5-14(6-18(40)10-17)7-26(50-28(55)13-54-32-29(31(53-54)38(45,46)47)20-11-23(20)37(32,43)44)30-19(15-1-3-24(41)21(8-15)33(48)56)12-27-35(51-30)52-36(58-27)16-2-4-25(42)22(9-16)34(49)57/h1-6,8-10,12,20,23,26H,7,11,13H2,(H2,48,56)(H2,49,57)(H,50,55)/t20?,23-,26?/m1/s1. The molecule has 20 heteroatoms. The fourth-order valence-electron chi connectivity index (χ4n) is 7.38. The van der Waals surface area contributed by atoms with E-state index in [1.54, 1.807) is 0 Å². The summed E-state index contributed by atoms with van der Waals surface area (Å²) in [6.45, 7) is -1.14. The topological polar surface area (TPSA) is 159 Å². The molecule has 0 radical (unpaired) electrons. The van der Waals surface area contributed by atoms with Crippen molar-refractivity contribution in [1.82, 2.24) is 25.1 Å². The Labute approximate surface area is 323 Å². The average Bonchev–Trinajstić information content (AvgIpc) is 3.59. The van der Waals surface area contributed by atoms with Crippen molar-refractivity contribution in [3.63, 3.8) is 0 Å². The molecule has 2 aliphatic carbocycles. The molecule has 10 nitrogen and oxygen atoms in total. The van der Waals surface area contributed by atoms with Crippen LogP contribution in [-0.2, 0) is 29.9 Å². The van der Waals surface area contributed by atoms with E-state index in [9.17, 15) is 45.1 Å². The zero-order valence-electron chi connectivity index (χ0n) is 29.1. The fraction of sp³-hybridized carbons (Fsp3) is 0.211. The van der Waals surface area contributed by atoms with E-state index in [4.69, 9.17) is 11.5 Å². The molecule has 3 aromatic heterocycles. The predicted octanol–water partition coefficient (Wildman–Crippen LogP) is 7.30. The first kappa shape index (κ1) is 38.6. The number of halogens is 9. The van der Waals surface area contributed by atoms with Crippen LogP contribution in [0.15, 0.2) is 60.7 Å². The molecule has 2 unspecified atom stereocenters. The van der Waals surface area contributed by atoms with E-state index in [1.807, 2.05) is 0 Å². The quantitative estimate of drug-likeness (QED) is 0.123. The van der Waals surface area contributed by atoms with Crippen LogP contribution >= 0.6 is 11.3 Å². The van der Waals surface area contributed by atoms with Crippen molar-refractivity contribution in [3.05, 3.63) is 123 Å². The summed E-state index contributed by atoms with van der Waals surface area (Å²) in [7, 11) is 0. The van der Waals surface area contributed by atoms with Crippen molar-refractivity contribution in [3.8, 4) is 21.7 Å². The predicted molar refractivity (Wildman–Crippen MR) is 188 cm³/mol. The molecule has 3 amide bonds. The van der Waals surface area contributed by atoms with Gasteiger partial charge in [0.15, 0.2) is 11.3 Å². The second kappa shape index (κ2) is 13.7. The Kier molecular flexibility index (Phi) is 9.09. The minimum absolute atomic E-state index is 0.0378. The molecule has 3 atom stereocenters. The number of pyridine rings is 1. The molecule has 58 heavy (non-hydrogen) atoms.